The quantitative estimate of drug-likeness (QED) is 0.591. The molecule has 0 aliphatic rings. The number of benzene rings is 1. The van der Waals surface area contributed by atoms with Crippen LogP contribution in [0.5, 0.6) is 0 Å². The van der Waals surface area contributed by atoms with Crippen LogP contribution < -0.4 is 11.1 Å². The lowest BCUT2D eigenvalue weighted by Crippen LogP contribution is -2.18. The molecule has 0 heterocycles. The largest absolute Gasteiger partial charge is 0.397 e. The summed E-state index contributed by atoms with van der Waals surface area (Å²) in [4.78, 5) is 11.5. The number of nitrogen functional groups attached to an aromatic ring is 1. The van der Waals surface area contributed by atoms with Crippen LogP contribution in [0.15, 0.2) is 18.2 Å². The molecule has 1 aromatic rings. The zero-order chi connectivity index (χ0) is 13.4. The van der Waals surface area contributed by atoms with E-state index in [0.717, 1.165) is 19.3 Å². The average Bonchev–Trinajstić information content (AvgIpc) is 2.34. The molecule has 100 valence electrons. The molecule has 5 heteroatoms. The van der Waals surface area contributed by atoms with Gasteiger partial charge in [-0.3, -0.25) is 4.79 Å². The number of nitrogens with two attached hydrogens (primary N) is 1. The van der Waals surface area contributed by atoms with Gasteiger partial charge in [-0.05, 0) is 24.6 Å². The second kappa shape index (κ2) is 7.95. The number of hydrogen-bond acceptors (Lipinski definition) is 3. The molecule has 0 saturated carbocycles. The lowest BCUT2D eigenvalue weighted by Gasteiger charge is -2.07. The Labute approximate surface area is 112 Å². The highest BCUT2D eigenvalue weighted by Gasteiger charge is 2.04. The lowest BCUT2D eigenvalue weighted by atomic mass is 10.3. The van der Waals surface area contributed by atoms with Crippen LogP contribution in [0.4, 0.5) is 11.4 Å². The minimum atomic E-state index is -0.187. The van der Waals surface area contributed by atoms with Crippen molar-refractivity contribution < 1.29 is 9.53 Å². The number of hydrogen-bond donors (Lipinski definition) is 2. The van der Waals surface area contributed by atoms with Crippen molar-refractivity contribution >= 4 is 28.9 Å². The third kappa shape index (κ3) is 5.38. The molecular weight excluding hydrogens is 252 g/mol. The smallest absolute Gasteiger partial charge is 0.250 e. The van der Waals surface area contributed by atoms with Crippen LogP contribution >= 0.6 is 11.6 Å². The summed E-state index contributed by atoms with van der Waals surface area (Å²) < 4.78 is 5.25. The number of carbonyl (C=O) groups is 1. The third-order valence-electron chi connectivity index (χ3n) is 2.41. The van der Waals surface area contributed by atoms with Crippen LogP contribution in [0.3, 0.4) is 0 Å². The van der Waals surface area contributed by atoms with Gasteiger partial charge in [0.25, 0.3) is 0 Å². The topological polar surface area (TPSA) is 64.3 Å². The number of unbranched alkanes of at least 4 members (excludes halogenated alkanes) is 2. The van der Waals surface area contributed by atoms with Gasteiger partial charge in [0.2, 0.25) is 5.91 Å². The molecule has 1 amide bonds. The van der Waals surface area contributed by atoms with Crippen LogP contribution in [0.2, 0.25) is 5.02 Å². The van der Waals surface area contributed by atoms with Crippen LogP contribution in [0, 0.1) is 0 Å². The minimum Gasteiger partial charge on any atom is -0.397 e. The summed E-state index contributed by atoms with van der Waals surface area (Å²) in [7, 11) is 0. The molecule has 0 aliphatic carbocycles. The Morgan fingerprint density at radius 1 is 1.44 bits per heavy atom. The maximum Gasteiger partial charge on any atom is 0.250 e. The second-order valence-electron chi connectivity index (χ2n) is 4.04. The summed E-state index contributed by atoms with van der Waals surface area (Å²) in [5, 5.41) is 3.17. The molecule has 18 heavy (non-hydrogen) atoms. The molecule has 4 nitrogen and oxygen atoms in total. The predicted molar refractivity (Wildman–Crippen MR) is 74.8 cm³/mol. The maximum absolute atomic E-state index is 11.5. The number of carbonyl (C=O) groups excluding carboxylic acids is 1. The number of ether oxygens (including phenoxy) is 1. The van der Waals surface area contributed by atoms with Crippen molar-refractivity contribution in [2.24, 2.45) is 0 Å². The normalized spacial score (nSPS) is 10.3. The fourth-order valence-corrected chi connectivity index (χ4v) is 1.56. The number of nitrogens with one attached hydrogen (secondary N) is 1. The summed E-state index contributed by atoms with van der Waals surface area (Å²) in [6, 6.07) is 4.97. The highest BCUT2D eigenvalue weighted by atomic mass is 35.5. The van der Waals surface area contributed by atoms with Gasteiger partial charge in [0.05, 0.1) is 10.7 Å². The Morgan fingerprint density at radius 2 is 2.22 bits per heavy atom. The highest BCUT2D eigenvalue weighted by molar-refractivity contribution is 6.33. The molecule has 0 fully saturated rings. The van der Waals surface area contributed by atoms with E-state index in [1.807, 2.05) is 0 Å². The molecule has 0 radical (unpaired) electrons. The molecule has 1 aromatic carbocycles. The first-order valence-corrected chi connectivity index (χ1v) is 6.44. The number of halogens is 1. The number of amides is 1. The highest BCUT2D eigenvalue weighted by Crippen LogP contribution is 2.22. The summed E-state index contributed by atoms with van der Waals surface area (Å²) in [6.45, 7) is 2.80. The monoisotopic (exact) mass is 270 g/mol. The van der Waals surface area contributed by atoms with Gasteiger partial charge >= 0.3 is 0 Å². The summed E-state index contributed by atoms with van der Waals surface area (Å²) in [5.41, 5.74) is 6.70. The molecular formula is C13H19ClN2O2. The van der Waals surface area contributed by atoms with Crippen LogP contribution in [0.25, 0.3) is 0 Å². The van der Waals surface area contributed by atoms with Crippen molar-refractivity contribution in [2.45, 2.75) is 26.2 Å². The molecule has 3 N–H and O–H groups in total. The number of anilines is 2. The Bertz CT molecular complexity index is 397. The minimum absolute atomic E-state index is 0.0618. The molecule has 0 bridgehead atoms. The van der Waals surface area contributed by atoms with Crippen LogP contribution in [-0.2, 0) is 9.53 Å². The summed E-state index contributed by atoms with van der Waals surface area (Å²) >= 11 is 5.79. The van der Waals surface area contributed by atoms with Gasteiger partial charge < -0.3 is 15.8 Å². The average molecular weight is 271 g/mol. The molecule has 0 spiro atoms. The Balaban J connectivity index is 2.29. The van der Waals surface area contributed by atoms with Gasteiger partial charge in [0.1, 0.15) is 6.61 Å². The molecule has 1 rings (SSSR count). The Hall–Kier alpha value is -1.26. The van der Waals surface area contributed by atoms with Gasteiger partial charge in [-0.15, -0.1) is 0 Å². The van der Waals surface area contributed by atoms with Crippen molar-refractivity contribution in [1.82, 2.24) is 0 Å². The lowest BCUT2D eigenvalue weighted by molar-refractivity contribution is -0.120. The van der Waals surface area contributed by atoms with Gasteiger partial charge in [0, 0.05) is 12.3 Å². The van der Waals surface area contributed by atoms with Crippen molar-refractivity contribution in [3.05, 3.63) is 23.2 Å². The van der Waals surface area contributed by atoms with Gasteiger partial charge in [-0.25, -0.2) is 0 Å². The summed E-state index contributed by atoms with van der Waals surface area (Å²) in [5.74, 6) is -0.187. The van der Waals surface area contributed by atoms with Gasteiger partial charge in [-0.2, -0.15) is 0 Å². The fraction of sp³-hybridized carbons (Fsp3) is 0.462. The van der Waals surface area contributed by atoms with Crippen molar-refractivity contribution in [3.8, 4) is 0 Å². The molecule has 0 aromatic heterocycles. The second-order valence-corrected chi connectivity index (χ2v) is 4.45. The van der Waals surface area contributed by atoms with E-state index in [1.165, 1.54) is 0 Å². The van der Waals surface area contributed by atoms with E-state index in [-0.39, 0.29) is 12.5 Å². The van der Waals surface area contributed by atoms with E-state index >= 15 is 0 Å². The zero-order valence-corrected chi connectivity index (χ0v) is 11.3. The first-order valence-electron chi connectivity index (χ1n) is 6.06. The molecule has 0 unspecified atom stereocenters. The summed E-state index contributed by atoms with van der Waals surface area (Å²) in [6.07, 6.45) is 3.24. The first-order chi connectivity index (χ1) is 8.63. The van der Waals surface area contributed by atoms with Crippen molar-refractivity contribution in [1.29, 1.82) is 0 Å². The molecule has 0 aliphatic heterocycles. The van der Waals surface area contributed by atoms with Gasteiger partial charge in [-0.1, -0.05) is 31.4 Å². The maximum atomic E-state index is 11.5. The van der Waals surface area contributed by atoms with Crippen LogP contribution in [-0.4, -0.2) is 19.1 Å². The predicted octanol–water partition coefficient (Wildman–Crippen LogP) is 3.07. The van der Waals surface area contributed by atoms with Crippen molar-refractivity contribution in [3.63, 3.8) is 0 Å². The van der Waals surface area contributed by atoms with E-state index in [0.29, 0.717) is 23.0 Å². The van der Waals surface area contributed by atoms with E-state index in [4.69, 9.17) is 22.1 Å². The van der Waals surface area contributed by atoms with E-state index in [1.54, 1.807) is 18.2 Å². The number of rotatable bonds is 7. The third-order valence-corrected chi connectivity index (χ3v) is 2.75. The fourth-order valence-electron chi connectivity index (χ4n) is 1.44. The first kappa shape index (κ1) is 14.8. The van der Waals surface area contributed by atoms with E-state index < -0.39 is 0 Å². The van der Waals surface area contributed by atoms with Crippen LogP contribution in [0.1, 0.15) is 26.2 Å². The Morgan fingerprint density at radius 3 is 2.89 bits per heavy atom. The Kier molecular flexibility index (Phi) is 6.54. The molecule has 0 saturated heterocycles. The zero-order valence-electron chi connectivity index (χ0n) is 10.5. The van der Waals surface area contributed by atoms with Gasteiger partial charge in [0.15, 0.2) is 0 Å². The van der Waals surface area contributed by atoms with Crippen molar-refractivity contribution in [2.75, 3.05) is 24.3 Å². The SMILES string of the molecule is CCCCCOCC(=O)Nc1ccc(Cl)c(N)c1. The van der Waals surface area contributed by atoms with E-state index in [2.05, 4.69) is 12.2 Å². The standard InChI is InChI=1S/C13H19ClN2O2/c1-2-3-4-7-18-9-13(17)16-10-5-6-11(14)12(15)8-10/h5-6,8H,2-4,7,9,15H2,1H3,(H,16,17). The van der Waals surface area contributed by atoms with E-state index in [9.17, 15) is 4.79 Å². The molecule has 0 atom stereocenters.